The predicted octanol–water partition coefficient (Wildman–Crippen LogP) is 1.62. The van der Waals surface area contributed by atoms with Crippen LogP contribution >= 0.6 is 24.0 Å². The monoisotopic (exact) mass is 543 g/mol. The Morgan fingerprint density at radius 3 is 2.28 bits per heavy atom. The number of sulfonamides is 1. The number of carbonyl (C=O) groups is 1. The summed E-state index contributed by atoms with van der Waals surface area (Å²) < 4.78 is 25.6. The van der Waals surface area contributed by atoms with Crippen molar-refractivity contribution < 1.29 is 13.2 Å². The summed E-state index contributed by atoms with van der Waals surface area (Å²) in [6, 6.07) is 0.162. The lowest BCUT2D eigenvalue weighted by atomic mass is 9.89. The zero-order valence-electron chi connectivity index (χ0n) is 18.0. The van der Waals surface area contributed by atoms with Gasteiger partial charge >= 0.3 is 0 Å². The van der Waals surface area contributed by atoms with E-state index in [9.17, 15) is 13.2 Å². The number of nitrogens with one attached hydrogen (secondary N) is 2. The van der Waals surface area contributed by atoms with Gasteiger partial charge in [0.15, 0.2) is 5.96 Å². The van der Waals surface area contributed by atoms with Gasteiger partial charge in [0.2, 0.25) is 15.9 Å². The highest BCUT2D eigenvalue weighted by atomic mass is 127. The van der Waals surface area contributed by atoms with Crippen LogP contribution in [0.5, 0.6) is 0 Å². The first-order valence-corrected chi connectivity index (χ1v) is 12.2. The summed E-state index contributed by atoms with van der Waals surface area (Å²) in [5.74, 6) is 1.43. The third-order valence-electron chi connectivity index (χ3n) is 5.71. The molecule has 0 aromatic rings. The van der Waals surface area contributed by atoms with Crippen LogP contribution < -0.4 is 10.6 Å². The molecule has 0 spiro atoms. The standard InChI is InChI=1S/C19H37N5O3S.HI/c1-4-28(26,27)24-12-10-17(11-13-24)22-19(21-15-18(25)23(2)3)20-14-16-8-6-5-7-9-16;/h16-17H,4-15H2,1-3H3,(H2,20,21,22);1H. The maximum atomic E-state index is 12.0. The van der Waals surface area contributed by atoms with Crippen molar-refractivity contribution in [2.45, 2.75) is 57.9 Å². The summed E-state index contributed by atoms with van der Waals surface area (Å²) in [5.41, 5.74) is 0. The minimum Gasteiger partial charge on any atom is -0.356 e. The van der Waals surface area contributed by atoms with Crippen LogP contribution in [-0.2, 0) is 14.8 Å². The molecule has 0 unspecified atom stereocenters. The maximum absolute atomic E-state index is 12.0. The Morgan fingerprint density at radius 1 is 1.10 bits per heavy atom. The van der Waals surface area contributed by atoms with Crippen molar-refractivity contribution >= 4 is 45.9 Å². The van der Waals surface area contributed by atoms with E-state index in [2.05, 4.69) is 15.6 Å². The number of likely N-dealkylation sites (N-methyl/N-ethyl adjacent to an activating group) is 1. The molecule has 1 heterocycles. The minimum absolute atomic E-state index is 0. The summed E-state index contributed by atoms with van der Waals surface area (Å²) in [4.78, 5) is 17.9. The number of aliphatic imine (C=N–C) groups is 1. The third kappa shape index (κ3) is 8.95. The Kier molecular flexibility index (Phi) is 11.8. The van der Waals surface area contributed by atoms with Crippen LogP contribution in [0.3, 0.4) is 0 Å². The SMILES string of the molecule is CCS(=O)(=O)N1CCC(NC(=NCC(=O)N(C)C)NCC2CCCCC2)CC1.I. The van der Waals surface area contributed by atoms with E-state index in [1.807, 2.05) is 0 Å². The van der Waals surface area contributed by atoms with Gasteiger partial charge < -0.3 is 15.5 Å². The van der Waals surface area contributed by atoms with Crippen LogP contribution in [0.1, 0.15) is 51.9 Å². The molecule has 0 aromatic heterocycles. The number of carbonyl (C=O) groups excluding carboxylic acids is 1. The second-order valence-corrected chi connectivity index (χ2v) is 10.3. The Bertz CT molecular complexity index is 628. The lowest BCUT2D eigenvalue weighted by Gasteiger charge is -2.32. The van der Waals surface area contributed by atoms with E-state index in [1.54, 1.807) is 25.3 Å². The van der Waals surface area contributed by atoms with Gasteiger partial charge in [-0.25, -0.2) is 17.7 Å². The number of piperidine rings is 1. The van der Waals surface area contributed by atoms with Crippen molar-refractivity contribution in [2.75, 3.05) is 46.0 Å². The van der Waals surface area contributed by atoms with Crippen LogP contribution in [0.2, 0.25) is 0 Å². The molecule has 170 valence electrons. The van der Waals surface area contributed by atoms with Crippen LogP contribution in [0.4, 0.5) is 0 Å². The summed E-state index contributed by atoms with van der Waals surface area (Å²) in [6.45, 7) is 3.71. The molecule has 1 amide bonds. The molecule has 0 bridgehead atoms. The van der Waals surface area contributed by atoms with E-state index >= 15 is 0 Å². The second-order valence-electron chi connectivity index (χ2n) is 8.06. The Labute approximate surface area is 193 Å². The molecule has 1 aliphatic heterocycles. The zero-order chi connectivity index (χ0) is 20.6. The average Bonchev–Trinajstić information content (AvgIpc) is 2.70. The van der Waals surface area contributed by atoms with Crippen LogP contribution in [-0.4, -0.2) is 81.6 Å². The van der Waals surface area contributed by atoms with Crippen LogP contribution in [0, 0.1) is 5.92 Å². The van der Waals surface area contributed by atoms with Crippen molar-refractivity contribution in [3.05, 3.63) is 0 Å². The van der Waals surface area contributed by atoms with Gasteiger partial charge in [-0.2, -0.15) is 0 Å². The molecule has 29 heavy (non-hydrogen) atoms. The second kappa shape index (κ2) is 12.9. The van der Waals surface area contributed by atoms with Gasteiger partial charge in [0, 0.05) is 39.8 Å². The average molecular weight is 544 g/mol. The van der Waals surface area contributed by atoms with Gasteiger partial charge in [-0.05, 0) is 38.5 Å². The molecule has 2 N–H and O–H groups in total. The van der Waals surface area contributed by atoms with E-state index in [0.717, 1.165) is 19.4 Å². The van der Waals surface area contributed by atoms with Crippen molar-refractivity contribution in [2.24, 2.45) is 10.9 Å². The van der Waals surface area contributed by atoms with Crippen LogP contribution in [0.15, 0.2) is 4.99 Å². The van der Waals surface area contributed by atoms with Crippen LogP contribution in [0.25, 0.3) is 0 Å². The molecule has 1 saturated heterocycles. The van der Waals surface area contributed by atoms with E-state index in [4.69, 9.17) is 0 Å². The molecule has 2 aliphatic rings. The molecule has 8 nitrogen and oxygen atoms in total. The predicted molar refractivity (Wildman–Crippen MR) is 128 cm³/mol. The van der Waals surface area contributed by atoms with Gasteiger partial charge in [-0.3, -0.25) is 4.79 Å². The fraction of sp³-hybridized carbons (Fsp3) is 0.895. The van der Waals surface area contributed by atoms with Crippen molar-refractivity contribution in [3.8, 4) is 0 Å². The van der Waals surface area contributed by atoms with Crippen molar-refractivity contribution in [1.29, 1.82) is 0 Å². The van der Waals surface area contributed by atoms with Gasteiger partial charge in [0.1, 0.15) is 6.54 Å². The Balaban J connectivity index is 0.00000420. The lowest BCUT2D eigenvalue weighted by Crippen LogP contribution is -2.50. The number of rotatable bonds is 7. The first kappa shape index (κ1) is 26.4. The minimum atomic E-state index is -3.12. The van der Waals surface area contributed by atoms with Crippen molar-refractivity contribution in [1.82, 2.24) is 19.8 Å². The first-order chi connectivity index (χ1) is 13.3. The molecule has 2 rings (SSSR count). The lowest BCUT2D eigenvalue weighted by molar-refractivity contribution is -0.127. The number of nitrogens with zero attached hydrogens (tertiary/aromatic N) is 3. The highest BCUT2D eigenvalue weighted by Crippen LogP contribution is 2.22. The molecule has 0 radical (unpaired) electrons. The number of halogens is 1. The topological polar surface area (TPSA) is 94.1 Å². The fourth-order valence-corrected chi connectivity index (χ4v) is 4.86. The molecular formula is C19H38IN5O3S. The van der Waals surface area contributed by atoms with E-state index in [-0.39, 0.29) is 48.2 Å². The zero-order valence-corrected chi connectivity index (χ0v) is 21.2. The highest BCUT2D eigenvalue weighted by molar-refractivity contribution is 14.0. The summed E-state index contributed by atoms with van der Waals surface area (Å²) in [5, 5.41) is 6.85. The smallest absolute Gasteiger partial charge is 0.243 e. The van der Waals surface area contributed by atoms with Gasteiger partial charge in [0.25, 0.3) is 0 Å². The number of guanidine groups is 1. The van der Waals surface area contributed by atoms with Gasteiger partial charge in [-0.1, -0.05) is 19.3 Å². The molecule has 0 atom stereocenters. The Hall–Kier alpha value is -0.620. The molecule has 2 fully saturated rings. The molecule has 1 aliphatic carbocycles. The third-order valence-corrected chi connectivity index (χ3v) is 7.59. The normalized spacial score (nSPS) is 20.0. The molecule has 1 saturated carbocycles. The summed E-state index contributed by atoms with van der Waals surface area (Å²) >= 11 is 0. The van der Waals surface area contributed by atoms with E-state index in [0.29, 0.717) is 25.0 Å². The summed E-state index contributed by atoms with van der Waals surface area (Å²) in [7, 11) is 0.334. The van der Waals surface area contributed by atoms with E-state index < -0.39 is 10.0 Å². The number of hydrogen-bond acceptors (Lipinski definition) is 4. The van der Waals surface area contributed by atoms with E-state index in [1.165, 1.54) is 37.0 Å². The molecule has 10 heteroatoms. The first-order valence-electron chi connectivity index (χ1n) is 10.5. The van der Waals surface area contributed by atoms with Gasteiger partial charge in [0.05, 0.1) is 5.75 Å². The number of hydrogen-bond donors (Lipinski definition) is 2. The molecular weight excluding hydrogens is 505 g/mol. The quantitative estimate of drug-likeness (QED) is 0.289. The Morgan fingerprint density at radius 2 is 1.72 bits per heavy atom. The largest absolute Gasteiger partial charge is 0.356 e. The highest BCUT2D eigenvalue weighted by Gasteiger charge is 2.27. The summed E-state index contributed by atoms with van der Waals surface area (Å²) in [6.07, 6.45) is 7.86. The number of amides is 1. The van der Waals surface area contributed by atoms with Crippen molar-refractivity contribution in [3.63, 3.8) is 0 Å². The fourth-order valence-electron chi connectivity index (χ4n) is 3.73. The van der Waals surface area contributed by atoms with Gasteiger partial charge in [-0.15, -0.1) is 24.0 Å². The molecule has 0 aromatic carbocycles. The maximum Gasteiger partial charge on any atom is 0.243 e.